The van der Waals surface area contributed by atoms with Crippen molar-refractivity contribution in [3.8, 4) is 0 Å². The monoisotopic (exact) mass is 388 g/mol. The van der Waals surface area contributed by atoms with Gasteiger partial charge in [-0.2, -0.15) is 13.2 Å². The van der Waals surface area contributed by atoms with Gasteiger partial charge < -0.3 is 4.74 Å². The maximum Gasteiger partial charge on any atom is 0.433 e. The zero-order valence-electron chi connectivity index (χ0n) is 15.0. The van der Waals surface area contributed by atoms with E-state index < -0.39 is 11.9 Å². The zero-order chi connectivity index (χ0) is 19.7. The molecule has 3 heterocycles. The Bertz CT molecular complexity index is 896. The third kappa shape index (κ3) is 3.74. The predicted octanol–water partition coefficient (Wildman–Crippen LogP) is 5.06. The van der Waals surface area contributed by atoms with Gasteiger partial charge in [0.2, 0.25) is 0 Å². The molecule has 1 amide bonds. The van der Waals surface area contributed by atoms with Crippen molar-refractivity contribution in [2.45, 2.75) is 44.1 Å². The minimum absolute atomic E-state index is 0.0595. The molecular weight excluding hydrogens is 369 g/mol. The fraction of sp³-hybridized carbons (Fsp3) is 0.333. The van der Waals surface area contributed by atoms with Crippen LogP contribution >= 0.6 is 0 Å². The third-order valence-corrected chi connectivity index (χ3v) is 5.23. The predicted molar refractivity (Wildman–Crippen MR) is 97.1 cm³/mol. The van der Waals surface area contributed by atoms with Gasteiger partial charge in [0.05, 0.1) is 6.04 Å². The average Bonchev–Trinajstić information content (AvgIpc) is 2.96. The molecular formula is C21H19F3N2O2. The van der Waals surface area contributed by atoms with Gasteiger partial charge >= 0.3 is 12.3 Å². The Hall–Kier alpha value is -2.83. The van der Waals surface area contributed by atoms with Crippen LogP contribution in [0, 0.1) is 0 Å². The van der Waals surface area contributed by atoms with E-state index in [-0.39, 0.29) is 24.8 Å². The summed E-state index contributed by atoms with van der Waals surface area (Å²) in [5.41, 5.74) is 1.35. The molecule has 2 bridgehead atoms. The van der Waals surface area contributed by atoms with Gasteiger partial charge in [0.1, 0.15) is 12.3 Å². The Labute approximate surface area is 160 Å². The van der Waals surface area contributed by atoms with Gasteiger partial charge in [0, 0.05) is 12.2 Å². The fourth-order valence-electron chi connectivity index (χ4n) is 3.91. The lowest BCUT2D eigenvalue weighted by atomic mass is 9.95. The van der Waals surface area contributed by atoms with E-state index in [1.807, 2.05) is 36.4 Å². The maximum atomic E-state index is 12.9. The van der Waals surface area contributed by atoms with E-state index in [2.05, 4.69) is 4.98 Å². The number of aromatic nitrogens is 1. The fourth-order valence-corrected chi connectivity index (χ4v) is 3.91. The molecule has 4 nitrogen and oxygen atoms in total. The second-order valence-corrected chi connectivity index (χ2v) is 7.07. The normalized spacial score (nSPS) is 21.4. The molecule has 0 radical (unpaired) electrons. The molecule has 2 unspecified atom stereocenters. The van der Waals surface area contributed by atoms with Gasteiger partial charge in [-0.05, 0) is 48.1 Å². The zero-order valence-corrected chi connectivity index (χ0v) is 15.0. The second kappa shape index (κ2) is 7.30. The molecule has 0 aliphatic carbocycles. The minimum atomic E-state index is -4.47. The summed E-state index contributed by atoms with van der Waals surface area (Å²) in [5, 5.41) is 0. The first-order valence-corrected chi connectivity index (χ1v) is 9.15. The number of alkyl halides is 3. The van der Waals surface area contributed by atoms with Crippen molar-refractivity contribution in [2.24, 2.45) is 0 Å². The highest BCUT2D eigenvalue weighted by Crippen LogP contribution is 2.39. The first kappa shape index (κ1) is 18.5. The summed E-state index contributed by atoms with van der Waals surface area (Å²) in [4.78, 5) is 17.7. The molecule has 0 N–H and O–H groups in total. The van der Waals surface area contributed by atoms with E-state index in [1.54, 1.807) is 11.0 Å². The van der Waals surface area contributed by atoms with Crippen molar-refractivity contribution in [1.29, 1.82) is 0 Å². The highest BCUT2D eigenvalue weighted by Gasteiger charge is 2.41. The molecule has 1 aromatic carbocycles. The van der Waals surface area contributed by atoms with Crippen molar-refractivity contribution >= 4 is 11.7 Å². The molecule has 2 atom stereocenters. The van der Waals surface area contributed by atoms with E-state index in [0.717, 1.165) is 30.0 Å². The molecule has 1 aromatic heterocycles. The number of halogens is 3. The van der Waals surface area contributed by atoms with E-state index in [9.17, 15) is 18.0 Å². The Morgan fingerprint density at radius 3 is 2.68 bits per heavy atom. The lowest BCUT2D eigenvalue weighted by Crippen LogP contribution is -2.43. The Kier molecular flexibility index (Phi) is 4.83. The van der Waals surface area contributed by atoms with Gasteiger partial charge in [-0.1, -0.05) is 36.4 Å². The largest absolute Gasteiger partial charge is 0.445 e. The third-order valence-electron chi connectivity index (χ3n) is 5.23. The first-order chi connectivity index (χ1) is 13.4. The molecule has 2 aromatic rings. The summed E-state index contributed by atoms with van der Waals surface area (Å²) < 4.78 is 44.3. The summed E-state index contributed by atoms with van der Waals surface area (Å²) in [5.74, 6) is 0. The highest BCUT2D eigenvalue weighted by molar-refractivity contribution is 5.75. The van der Waals surface area contributed by atoms with E-state index in [4.69, 9.17) is 4.74 Å². The quantitative estimate of drug-likeness (QED) is 0.738. The van der Waals surface area contributed by atoms with Crippen molar-refractivity contribution in [2.75, 3.05) is 0 Å². The highest BCUT2D eigenvalue weighted by atomic mass is 19.4. The molecule has 7 heteroatoms. The summed E-state index contributed by atoms with van der Waals surface area (Å²) in [6.07, 6.45) is 0.325. The number of carbonyl (C=O) groups is 1. The van der Waals surface area contributed by atoms with Crippen LogP contribution in [0.1, 0.15) is 36.1 Å². The number of fused-ring (bicyclic) bond motifs is 2. The van der Waals surface area contributed by atoms with Crippen LogP contribution in [-0.4, -0.2) is 28.1 Å². The van der Waals surface area contributed by atoms with Crippen LogP contribution < -0.4 is 0 Å². The SMILES string of the molecule is O=C(OCc1ccccc1)N1C2C=C(c3ccnc(C(F)(F)F)c3)CC1CC2. The van der Waals surface area contributed by atoms with Crippen molar-refractivity contribution in [3.05, 3.63) is 71.6 Å². The van der Waals surface area contributed by atoms with Crippen LogP contribution in [0.4, 0.5) is 18.0 Å². The van der Waals surface area contributed by atoms with Gasteiger partial charge in [-0.25, -0.2) is 4.79 Å². The number of nitrogens with zero attached hydrogens (tertiary/aromatic N) is 2. The number of hydrogen-bond acceptors (Lipinski definition) is 3. The number of amides is 1. The number of pyridine rings is 1. The van der Waals surface area contributed by atoms with E-state index in [0.29, 0.717) is 12.0 Å². The van der Waals surface area contributed by atoms with Crippen molar-refractivity contribution in [1.82, 2.24) is 9.88 Å². The smallest absolute Gasteiger partial charge is 0.433 e. The number of hydrogen-bond donors (Lipinski definition) is 0. The molecule has 2 aliphatic heterocycles. The van der Waals surface area contributed by atoms with E-state index in [1.165, 1.54) is 6.20 Å². The maximum absolute atomic E-state index is 12.9. The summed E-state index contributed by atoms with van der Waals surface area (Å²) in [6, 6.07) is 11.9. The van der Waals surface area contributed by atoms with E-state index >= 15 is 0 Å². The number of benzene rings is 1. The molecule has 28 heavy (non-hydrogen) atoms. The molecule has 1 fully saturated rings. The molecule has 2 aliphatic rings. The average molecular weight is 388 g/mol. The summed E-state index contributed by atoms with van der Waals surface area (Å²) in [7, 11) is 0. The van der Waals surface area contributed by atoms with Gasteiger partial charge in [-0.3, -0.25) is 9.88 Å². The van der Waals surface area contributed by atoms with Crippen LogP contribution in [0.3, 0.4) is 0 Å². The Balaban J connectivity index is 1.49. The molecule has 4 rings (SSSR count). The molecule has 146 valence electrons. The number of rotatable bonds is 3. The van der Waals surface area contributed by atoms with Crippen LogP contribution in [-0.2, 0) is 17.5 Å². The minimum Gasteiger partial charge on any atom is -0.445 e. The summed E-state index contributed by atoms with van der Waals surface area (Å²) in [6.45, 7) is 0.200. The lowest BCUT2D eigenvalue weighted by Gasteiger charge is -2.33. The first-order valence-electron chi connectivity index (χ1n) is 9.15. The standard InChI is InChI=1S/C21H19F3N2O2/c22-21(23,24)19-12-15(8-9-25-19)16-10-17-6-7-18(11-16)26(17)20(27)28-13-14-4-2-1-3-5-14/h1-5,8-10,12,17-18H,6-7,11,13H2. The molecule has 1 saturated heterocycles. The number of carbonyl (C=O) groups excluding carboxylic acids is 1. The van der Waals surface area contributed by atoms with Gasteiger partial charge in [-0.15, -0.1) is 0 Å². The molecule has 0 saturated carbocycles. The van der Waals surface area contributed by atoms with Crippen LogP contribution in [0.2, 0.25) is 0 Å². The van der Waals surface area contributed by atoms with Gasteiger partial charge in [0.15, 0.2) is 0 Å². The van der Waals surface area contributed by atoms with Crippen LogP contribution in [0.5, 0.6) is 0 Å². The lowest BCUT2D eigenvalue weighted by molar-refractivity contribution is -0.141. The molecule has 0 spiro atoms. The second-order valence-electron chi connectivity index (χ2n) is 7.07. The topological polar surface area (TPSA) is 42.4 Å². The van der Waals surface area contributed by atoms with Crippen LogP contribution in [0.15, 0.2) is 54.7 Å². The van der Waals surface area contributed by atoms with Crippen molar-refractivity contribution in [3.63, 3.8) is 0 Å². The Morgan fingerprint density at radius 2 is 1.96 bits per heavy atom. The van der Waals surface area contributed by atoms with Crippen LogP contribution in [0.25, 0.3) is 5.57 Å². The Morgan fingerprint density at radius 1 is 1.18 bits per heavy atom. The number of ether oxygens (including phenoxy) is 1. The van der Waals surface area contributed by atoms with Gasteiger partial charge in [0.25, 0.3) is 0 Å². The summed E-state index contributed by atoms with van der Waals surface area (Å²) >= 11 is 0. The van der Waals surface area contributed by atoms with Crippen molar-refractivity contribution < 1.29 is 22.7 Å².